The fraction of sp³-hybridized carbons (Fsp3) is 0.333. The summed E-state index contributed by atoms with van der Waals surface area (Å²) < 4.78 is 1.69. The third-order valence-electron chi connectivity index (χ3n) is 2.73. The lowest BCUT2D eigenvalue weighted by molar-refractivity contribution is 0.664. The monoisotopic (exact) mass is 250 g/mol. The fourth-order valence-electron chi connectivity index (χ4n) is 1.77. The standard InChI is InChI=1S/C12H15ClN4/c1-8-4-5-9(6-10(8)13)12(14-2)11-7-17(3)16-15-11/h4-7,12,14H,1-3H3. The largest absolute Gasteiger partial charge is 0.308 e. The SMILES string of the molecule is CNC(c1ccc(C)c(Cl)c1)c1cn(C)nn1. The highest BCUT2D eigenvalue weighted by Crippen LogP contribution is 2.24. The van der Waals surface area contributed by atoms with Crippen LogP contribution in [-0.4, -0.2) is 22.0 Å². The van der Waals surface area contributed by atoms with Gasteiger partial charge in [-0.15, -0.1) is 5.10 Å². The Morgan fingerprint density at radius 1 is 1.41 bits per heavy atom. The molecule has 0 amide bonds. The second kappa shape index (κ2) is 4.85. The van der Waals surface area contributed by atoms with E-state index in [4.69, 9.17) is 11.6 Å². The molecule has 0 saturated heterocycles. The molecule has 17 heavy (non-hydrogen) atoms. The fourth-order valence-corrected chi connectivity index (χ4v) is 1.96. The van der Waals surface area contributed by atoms with Gasteiger partial charge in [0, 0.05) is 12.1 Å². The van der Waals surface area contributed by atoms with Crippen molar-refractivity contribution in [3.05, 3.63) is 46.2 Å². The molecule has 1 atom stereocenters. The number of hydrogen-bond donors (Lipinski definition) is 1. The molecule has 0 radical (unpaired) electrons. The molecule has 90 valence electrons. The van der Waals surface area contributed by atoms with E-state index in [0.29, 0.717) is 0 Å². The Labute approximate surface area is 106 Å². The molecule has 5 heteroatoms. The van der Waals surface area contributed by atoms with Crippen LogP contribution in [0.2, 0.25) is 5.02 Å². The first-order chi connectivity index (χ1) is 8.11. The van der Waals surface area contributed by atoms with Crippen molar-refractivity contribution >= 4 is 11.6 Å². The zero-order valence-electron chi connectivity index (χ0n) is 10.1. The minimum Gasteiger partial charge on any atom is -0.308 e. The number of benzene rings is 1. The molecule has 0 saturated carbocycles. The van der Waals surface area contributed by atoms with Gasteiger partial charge >= 0.3 is 0 Å². The van der Waals surface area contributed by atoms with Gasteiger partial charge in [-0.05, 0) is 31.2 Å². The first-order valence-electron chi connectivity index (χ1n) is 5.41. The Balaban J connectivity index is 2.38. The molecule has 4 nitrogen and oxygen atoms in total. The van der Waals surface area contributed by atoms with Gasteiger partial charge in [-0.3, -0.25) is 4.68 Å². The van der Waals surface area contributed by atoms with E-state index in [9.17, 15) is 0 Å². The first kappa shape index (κ1) is 12.1. The van der Waals surface area contributed by atoms with Gasteiger partial charge in [-0.2, -0.15) is 0 Å². The molecule has 0 spiro atoms. The van der Waals surface area contributed by atoms with Gasteiger partial charge in [-0.1, -0.05) is 28.9 Å². The summed E-state index contributed by atoms with van der Waals surface area (Å²) >= 11 is 6.14. The number of hydrogen-bond acceptors (Lipinski definition) is 3. The number of halogens is 1. The van der Waals surface area contributed by atoms with E-state index in [1.807, 2.05) is 39.3 Å². The van der Waals surface area contributed by atoms with Crippen molar-refractivity contribution in [2.24, 2.45) is 7.05 Å². The van der Waals surface area contributed by atoms with Crippen LogP contribution in [0.5, 0.6) is 0 Å². The second-order valence-electron chi connectivity index (χ2n) is 4.05. The molecule has 2 rings (SSSR count). The lowest BCUT2D eigenvalue weighted by Gasteiger charge is -2.14. The molecule has 0 aliphatic carbocycles. The van der Waals surface area contributed by atoms with Crippen molar-refractivity contribution in [3.8, 4) is 0 Å². The average Bonchev–Trinajstić information content (AvgIpc) is 2.71. The van der Waals surface area contributed by atoms with Crippen molar-refractivity contribution in [1.82, 2.24) is 20.3 Å². The summed E-state index contributed by atoms with van der Waals surface area (Å²) in [4.78, 5) is 0. The first-order valence-corrected chi connectivity index (χ1v) is 5.79. The molecule has 1 unspecified atom stereocenters. The molecule has 1 heterocycles. The summed E-state index contributed by atoms with van der Waals surface area (Å²) in [6.45, 7) is 1.99. The highest BCUT2D eigenvalue weighted by molar-refractivity contribution is 6.31. The zero-order chi connectivity index (χ0) is 12.4. The van der Waals surface area contributed by atoms with Crippen molar-refractivity contribution < 1.29 is 0 Å². The Bertz CT molecular complexity index is 521. The van der Waals surface area contributed by atoms with Crippen LogP contribution >= 0.6 is 11.6 Å². The number of nitrogens with zero attached hydrogens (tertiary/aromatic N) is 3. The Kier molecular flexibility index (Phi) is 3.45. The van der Waals surface area contributed by atoms with Gasteiger partial charge in [0.2, 0.25) is 0 Å². The van der Waals surface area contributed by atoms with Crippen molar-refractivity contribution in [1.29, 1.82) is 0 Å². The predicted octanol–water partition coefficient (Wildman–Crippen LogP) is 2.09. The Morgan fingerprint density at radius 2 is 2.18 bits per heavy atom. The van der Waals surface area contributed by atoms with Gasteiger partial charge in [-0.25, -0.2) is 0 Å². The molecular formula is C12H15ClN4. The number of nitrogens with one attached hydrogen (secondary N) is 1. The van der Waals surface area contributed by atoms with Gasteiger partial charge < -0.3 is 5.32 Å². The number of rotatable bonds is 3. The molecule has 1 N–H and O–H groups in total. The van der Waals surface area contributed by atoms with Gasteiger partial charge in [0.15, 0.2) is 0 Å². The number of aryl methyl sites for hydroxylation is 2. The minimum absolute atomic E-state index is 0.0156. The van der Waals surface area contributed by atoms with Crippen LogP contribution < -0.4 is 5.32 Å². The van der Waals surface area contributed by atoms with Crippen LogP contribution in [0, 0.1) is 6.92 Å². The molecule has 2 aromatic rings. The average molecular weight is 251 g/mol. The molecule has 0 bridgehead atoms. The third kappa shape index (κ3) is 2.48. The summed E-state index contributed by atoms with van der Waals surface area (Å²) in [5.74, 6) is 0. The Morgan fingerprint density at radius 3 is 2.71 bits per heavy atom. The summed E-state index contributed by atoms with van der Waals surface area (Å²) in [5.41, 5.74) is 3.04. The summed E-state index contributed by atoms with van der Waals surface area (Å²) in [5, 5.41) is 12.1. The van der Waals surface area contributed by atoms with E-state index in [1.54, 1.807) is 4.68 Å². The van der Waals surface area contributed by atoms with E-state index in [-0.39, 0.29) is 6.04 Å². The lowest BCUT2D eigenvalue weighted by atomic mass is 10.0. The number of aromatic nitrogens is 3. The molecule has 0 aliphatic heterocycles. The van der Waals surface area contributed by atoms with Crippen LogP contribution in [0.4, 0.5) is 0 Å². The second-order valence-corrected chi connectivity index (χ2v) is 4.45. The molecule has 0 aliphatic rings. The highest BCUT2D eigenvalue weighted by atomic mass is 35.5. The summed E-state index contributed by atoms with van der Waals surface area (Å²) in [6.07, 6.45) is 1.90. The maximum absolute atomic E-state index is 6.14. The summed E-state index contributed by atoms with van der Waals surface area (Å²) in [7, 11) is 3.75. The van der Waals surface area contributed by atoms with Crippen LogP contribution in [0.3, 0.4) is 0 Å². The van der Waals surface area contributed by atoms with Crippen LogP contribution in [0.1, 0.15) is 22.9 Å². The quantitative estimate of drug-likeness (QED) is 0.907. The van der Waals surface area contributed by atoms with E-state index < -0.39 is 0 Å². The molecule has 1 aromatic heterocycles. The van der Waals surface area contributed by atoms with Gasteiger partial charge in [0.1, 0.15) is 5.69 Å². The predicted molar refractivity (Wildman–Crippen MR) is 68.1 cm³/mol. The van der Waals surface area contributed by atoms with Crippen molar-refractivity contribution in [3.63, 3.8) is 0 Å². The highest BCUT2D eigenvalue weighted by Gasteiger charge is 2.15. The van der Waals surface area contributed by atoms with E-state index in [1.165, 1.54) is 0 Å². The maximum Gasteiger partial charge on any atom is 0.104 e. The molecular weight excluding hydrogens is 236 g/mol. The molecule has 0 fully saturated rings. The van der Waals surface area contributed by atoms with Crippen LogP contribution in [0.15, 0.2) is 24.4 Å². The molecule has 1 aromatic carbocycles. The lowest BCUT2D eigenvalue weighted by Crippen LogP contribution is -2.18. The third-order valence-corrected chi connectivity index (χ3v) is 3.14. The van der Waals surface area contributed by atoms with Crippen LogP contribution in [-0.2, 0) is 7.05 Å². The van der Waals surface area contributed by atoms with Gasteiger partial charge in [0.25, 0.3) is 0 Å². The smallest absolute Gasteiger partial charge is 0.104 e. The van der Waals surface area contributed by atoms with Crippen LogP contribution in [0.25, 0.3) is 0 Å². The van der Waals surface area contributed by atoms with Crippen molar-refractivity contribution in [2.75, 3.05) is 7.05 Å². The topological polar surface area (TPSA) is 42.7 Å². The van der Waals surface area contributed by atoms with E-state index >= 15 is 0 Å². The minimum atomic E-state index is 0.0156. The maximum atomic E-state index is 6.14. The van der Waals surface area contributed by atoms with E-state index in [2.05, 4.69) is 21.7 Å². The normalized spacial score (nSPS) is 12.7. The Hall–Kier alpha value is -1.39. The van der Waals surface area contributed by atoms with E-state index in [0.717, 1.165) is 21.8 Å². The van der Waals surface area contributed by atoms with Gasteiger partial charge in [0.05, 0.1) is 12.2 Å². The summed E-state index contributed by atoms with van der Waals surface area (Å²) in [6, 6.07) is 6.05. The zero-order valence-corrected chi connectivity index (χ0v) is 10.9. The van der Waals surface area contributed by atoms with Crippen molar-refractivity contribution in [2.45, 2.75) is 13.0 Å².